The van der Waals surface area contributed by atoms with E-state index >= 15 is 0 Å². The van der Waals surface area contributed by atoms with Gasteiger partial charge in [0.25, 0.3) is 0 Å². The molecule has 122 valence electrons. The molecule has 1 aliphatic rings. The molecule has 1 aromatic heterocycles. The Balaban J connectivity index is 1.74. The van der Waals surface area contributed by atoms with E-state index in [1.54, 1.807) is 0 Å². The normalized spacial score (nSPS) is 17.2. The molecule has 0 bridgehead atoms. The van der Waals surface area contributed by atoms with Crippen LogP contribution in [0.2, 0.25) is 0 Å². The zero-order valence-electron chi connectivity index (χ0n) is 14.2. The van der Waals surface area contributed by atoms with E-state index < -0.39 is 0 Å². The van der Waals surface area contributed by atoms with Crippen LogP contribution in [0.4, 0.5) is 11.8 Å². The molecule has 0 spiro atoms. The zero-order valence-corrected chi connectivity index (χ0v) is 14.2. The van der Waals surface area contributed by atoms with Crippen molar-refractivity contribution in [1.29, 1.82) is 0 Å². The minimum Gasteiger partial charge on any atom is -0.353 e. The van der Waals surface area contributed by atoms with Gasteiger partial charge in [-0.25, -0.2) is 4.98 Å². The van der Waals surface area contributed by atoms with Crippen molar-refractivity contribution in [2.24, 2.45) is 0 Å². The molecule has 1 atom stereocenters. The maximum Gasteiger partial charge on any atom is 0.224 e. The summed E-state index contributed by atoms with van der Waals surface area (Å²) >= 11 is 0. The highest BCUT2D eigenvalue weighted by atomic mass is 15.2. The molecule has 1 aliphatic heterocycles. The van der Waals surface area contributed by atoms with Crippen LogP contribution >= 0.6 is 0 Å². The molecule has 2 aromatic rings. The average Bonchev–Trinajstić information content (AvgIpc) is 2.54. The fraction of sp³-hybridized carbons (Fsp3) is 0.444. The van der Waals surface area contributed by atoms with Gasteiger partial charge in [0.05, 0.1) is 0 Å². The second-order valence-electron chi connectivity index (χ2n) is 6.42. The fourth-order valence-corrected chi connectivity index (χ4v) is 2.97. The maximum atomic E-state index is 4.70. The van der Waals surface area contributed by atoms with Gasteiger partial charge in [-0.15, -0.1) is 0 Å². The van der Waals surface area contributed by atoms with E-state index in [-0.39, 0.29) is 0 Å². The second kappa shape index (κ2) is 6.96. The SMILES string of the molecule is C[C@@H]1Cc2ccccc2CN1c1ccnc(NCCN(C)C)n1. The van der Waals surface area contributed by atoms with Crippen LogP contribution in [0.5, 0.6) is 0 Å². The number of nitrogens with zero attached hydrogens (tertiary/aromatic N) is 4. The monoisotopic (exact) mass is 311 g/mol. The van der Waals surface area contributed by atoms with Crippen LogP contribution < -0.4 is 10.2 Å². The fourth-order valence-electron chi connectivity index (χ4n) is 2.97. The average molecular weight is 311 g/mol. The molecule has 5 heteroatoms. The minimum atomic E-state index is 0.439. The van der Waals surface area contributed by atoms with Gasteiger partial charge in [0.2, 0.25) is 5.95 Å². The summed E-state index contributed by atoms with van der Waals surface area (Å²) in [6, 6.07) is 11.1. The van der Waals surface area contributed by atoms with Gasteiger partial charge in [0, 0.05) is 31.9 Å². The summed E-state index contributed by atoms with van der Waals surface area (Å²) in [6.07, 6.45) is 2.90. The number of aromatic nitrogens is 2. The zero-order chi connectivity index (χ0) is 16.2. The minimum absolute atomic E-state index is 0.439. The first kappa shape index (κ1) is 15.7. The van der Waals surface area contributed by atoms with Crippen LogP contribution in [0.15, 0.2) is 36.5 Å². The molecule has 2 heterocycles. The Labute approximate surface area is 138 Å². The van der Waals surface area contributed by atoms with Crippen LogP contribution in [0.25, 0.3) is 0 Å². The van der Waals surface area contributed by atoms with Crippen LogP contribution in [-0.2, 0) is 13.0 Å². The summed E-state index contributed by atoms with van der Waals surface area (Å²) < 4.78 is 0. The van der Waals surface area contributed by atoms with E-state index in [0.717, 1.165) is 31.9 Å². The summed E-state index contributed by atoms with van der Waals surface area (Å²) in [5.74, 6) is 1.70. The van der Waals surface area contributed by atoms with Crippen molar-refractivity contribution in [3.05, 3.63) is 47.7 Å². The van der Waals surface area contributed by atoms with E-state index in [0.29, 0.717) is 12.0 Å². The van der Waals surface area contributed by atoms with Gasteiger partial charge in [-0.3, -0.25) is 0 Å². The largest absolute Gasteiger partial charge is 0.353 e. The first-order valence-corrected chi connectivity index (χ1v) is 8.18. The summed E-state index contributed by atoms with van der Waals surface area (Å²) in [7, 11) is 4.12. The lowest BCUT2D eigenvalue weighted by molar-refractivity contribution is 0.425. The lowest BCUT2D eigenvalue weighted by Crippen LogP contribution is -2.39. The Morgan fingerprint density at radius 3 is 2.78 bits per heavy atom. The van der Waals surface area contributed by atoms with Gasteiger partial charge in [-0.2, -0.15) is 4.98 Å². The van der Waals surface area contributed by atoms with Gasteiger partial charge in [-0.1, -0.05) is 24.3 Å². The molecule has 0 unspecified atom stereocenters. The van der Waals surface area contributed by atoms with E-state index in [2.05, 4.69) is 65.4 Å². The number of nitrogens with one attached hydrogen (secondary N) is 1. The Kier molecular flexibility index (Phi) is 4.76. The number of benzene rings is 1. The highest BCUT2D eigenvalue weighted by Gasteiger charge is 2.23. The number of anilines is 2. The molecular weight excluding hydrogens is 286 g/mol. The van der Waals surface area contributed by atoms with E-state index in [9.17, 15) is 0 Å². The molecule has 0 radical (unpaired) electrons. The maximum absolute atomic E-state index is 4.70. The van der Waals surface area contributed by atoms with Crippen molar-refractivity contribution in [2.75, 3.05) is 37.4 Å². The lowest BCUT2D eigenvalue weighted by atomic mass is 9.95. The van der Waals surface area contributed by atoms with Gasteiger partial charge >= 0.3 is 0 Å². The summed E-state index contributed by atoms with van der Waals surface area (Å²) in [6.45, 7) is 4.97. The molecule has 1 N–H and O–H groups in total. The van der Waals surface area contributed by atoms with Crippen molar-refractivity contribution in [3.8, 4) is 0 Å². The first-order valence-electron chi connectivity index (χ1n) is 8.18. The van der Waals surface area contributed by atoms with Crippen LogP contribution in [0.3, 0.4) is 0 Å². The Bertz CT molecular complexity index is 655. The molecular formula is C18H25N5. The van der Waals surface area contributed by atoms with Crippen molar-refractivity contribution < 1.29 is 0 Å². The third kappa shape index (κ3) is 3.79. The highest BCUT2D eigenvalue weighted by molar-refractivity contribution is 5.47. The van der Waals surface area contributed by atoms with Crippen LogP contribution in [0.1, 0.15) is 18.1 Å². The third-order valence-corrected chi connectivity index (χ3v) is 4.28. The molecule has 0 fully saturated rings. The standard InChI is InChI=1S/C18H25N5/c1-14-12-15-6-4-5-7-16(15)13-23(14)17-8-9-19-18(21-17)20-10-11-22(2)3/h4-9,14H,10-13H2,1-3H3,(H,19,20,21)/t14-/m1/s1. The molecule has 5 nitrogen and oxygen atoms in total. The predicted octanol–water partition coefficient (Wildman–Crippen LogP) is 2.40. The van der Waals surface area contributed by atoms with Gasteiger partial charge in [0.1, 0.15) is 5.82 Å². The quantitative estimate of drug-likeness (QED) is 0.918. The summed E-state index contributed by atoms with van der Waals surface area (Å²) in [5.41, 5.74) is 2.85. The van der Waals surface area contributed by atoms with Gasteiger partial charge in [-0.05, 0) is 44.6 Å². The van der Waals surface area contributed by atoms with Crippen molar-refractivity contribution in [2.45, 2.75) is 25.9 Å². The number of likely N-dealkylation sites (N-methyl/N-ethyl adjacent to an activating group) is 1. The predicted molar refractivity (Wildman–Crippen MR) is 94.9 cm³/mol. The highest BCUT2D eigenvalue weighted by Crippen LogP contribution is 2.27. The molecule has 1 aromatic carbocycles. The smallest absolute Gasteiger partial charge is 0.224 e. The third-order valence-electron chi connectivity index (χ3n) is 4.28. The molecule has 0 saturated carbocycles. The summed E-state index contributed by atoms with van der Waals surface area (Å²) in [5, 5.41) is 3.30. The Morgan fingerprint density at radius 1 is 1.22 bits per heavy atom. The van der Waals surface area contributed by atoms with Gasteiger partial charge < -0.3 is 15.1 Å². The number of rotatable bonds is 5. The Hall–Kier alpha value is -2.14. The lowest BCUT2D eigenvalue weighted by Gasteiger charge is -2.35. The molecule has 3 rings (SSSR count). The molecule has 0 saturated heterocycles. The molecule has 0 aliphatic carbocycles. The molecule has 0 amide bonds. The van der Waals surface area contributed by atoms with E-state index in [1.807, 2.05) is 12.3 Å². The van der Waals surface area contributed by atoms with Gasteiger partial charge in [0.15, 0.2) is 0 Å². The number of hydrogen-bond donors (Lipinski definition) is 1. The Morgan fingerprint density at radius 2 is 2.00 bits per heavy atom. The summed E-state index contributed by atoms with van der Waals surface area (Å²) in [4.78, 5) is 13.5. The van der Waals surface area contributed by atoms with E-state index in [1.165, 1.54) is 11.1 Å². The van der Waals surface area contributed by atoms with Crippen molar-refractivity contribution in [3.63, 3.8) is 0 Å². The van der Waals surface area contributed by atoms with Crippen molar-refractivity contribution in [1.82, 2.24) is 14.9 Å². The van der Waals surface area contributed by atoms with Crippen LogP contribution in [-0.4, -0.2) is 48.1 Å². The number of hydrogen-bond acceptors (Lipinski definition) is 5. The van der Waals surface area contributed by atoms with Crippen LogP contribution in [0, 0.1) is 0 Å². The topological polar surface area (TPSA) is 44.3 Å². The van der Waals surface area contributed by atoms with Crippen molar-refractivity contribution >= 4 is 11.8 Å². The molecule has 23 heavy (non-hydrogen) atoms. The first-order chi connectivity index (χ1) is 11.1. The second-order valence-corrected chi connectivity index (χ2v) is 6.42. The van der Waals surface area contributed by atoms with E-state index in [4.69, 9.17) is 4.98 Å². The number of fused-ring (bicyclic) bond motifs is 1.